The summed E-state index contributed by atoms with van der Waals surface area (Å²) < 4.78 is 10.2. The van der Waals surface area contributed by atoms with Gasteiger partial charge in [-0.1, -0.05) is 82.3 Å². The van der Waals surface area contributed by atoms with Gasteiger partial charge in [0.25, 0.3) is 0 Å². The zero-order valence-corrected chi connectivity index (χ0v) is 19.8. The van der Waals surface area contributed by atoms with Crippen LogP contribution in [0.3, 0.4) is 0 Å². The van der Waals surface area contributed by atoms with Crippen LogP contribution in [-0.4, -0.2) is 47.6 Å². The molecule has 0 radical (unpaired) electrons. The van der Waals surface area contributed by atoms with Gasteiger partial charge in [-0.3, -0.25) is 9.59 Å². The van der Waals surface area contributed by atoms with Crippen LogP contribution in [0.2, 0.25) is 0 Å². The van der Waals surface area contributed by atoms with Gasteiger partial charge >= 0.3 is 12.2 Å². The summed E-state index contributed by atoms with van der Waals surface area (Å²) in [6, 6.07) is 16.1. The van der Waals surface area contributed by atoms with Gasteiger partial charge in [-0.15, -0.1) is 0 Å². The van der Waals surface area contributed by atoms with E-state index in [1.807, 2.05) is 36.4 Å². The van der Waals surface area contributed by atoms with Crippen molar-refractivity contribution in [1.82, 2.24) is 10.6 Å². The largest absolute Gasteiger partial charge is 0.445 e. The Bertz CT molecular complexity index is 871. The van der Waals surface area contributed by atoms with Gasteiger partial charge in [-0.05, 0) is 11.1 Å². The smallest absolute Gasteiger partial charge is 0.408 e. The monoisotopic (exact) mass is 506 g/mol. The van der Waals surface area contributed by atoms with Crippen molar-refractivity contribution in [1.29, 1.82) is 0 Å². The molecule has 0 saturated carbocycles. The molecule has 0 unspecified atom stereocenters. The molecule has 0 bridgehead atoms. The van der Waals surface area contributed by atoms with E-state index in [-0.39, 0.29) is 24.7 Å². The maximum Gasteiger partial charge on any atom is 0.408 e. The average Bonchev–Trinajstić information content (AvgIpc) is 2.83. The Morgan fingerprint density at radius 1 is 0.676 bits per heavy atom. The number of nitrogens with two attached hydrogens (primary N) is 2. The summed E-state index contributed by atoms with van der Waals surface area (Å²) in [5.41, 5.74) is 12.3. The third kappa shape index (κ3) is 10.5. The Kier molecular flexibility index (Phi) is 11.6. The van der Waals surface area contributed by atoms with E-state index in [9.17, 15) is 19.2 Å². The minimum atomic E-state index is -0.989. The van der Waals surface area contributed by atoms with Crippen molar-refractivity contribution >= 4 is 45.6 Å². The Morgan fingerprint density at radius 3 is 1.35 bits per heavy atom. The quantitative estimate of drug-likeness (QED) is 0.236. The van der Waals surface area contributed by atoms with Crippen molar-refractivity contribution in [3.63, 3.8) is 0 Å². The number of carbonyl (C=O) groups is 4. The average molecular weight is 507 g/mol. The van der Waals surface area contributed by atoms with E-state index in [0.717, 1.165) is 11.1 Å². The summed E-state index contributed by atoms with van der Waals surface area (Å²) >= 11 is 0. The molecule has 12 heteroatoms. The zero-order chi connectivity index (χ0) is 24.8. The molecular formula is C22H26N4O6S2. The second-order valence-corrected chi connectivity index (χ2v) is 9.44. The van der Waals surface area contributed by atoms with Gasteiger partial charge in [0.15, 0.2) is 0 Å². The van der Waals surface area contributed by atoms with Crippen molar-refractivity contribution in [2.24, 2.45) is 11.5 Å². The maximum absolute atomic E-state index is 12.0. The molecule has 0 aliphatic heterocycles. The third-order valence-electron chi connectivity index (χ3n) is 4.25. The Morgan fingerprint density at radius 2 is 1.03 bits per heavy atom. The first-order valence-corrected chi connectivity index (χ1v) is 12.6. The van der Waals surface area contributed by atoms with Gasteiger partial charge in [0, 0.05) is 11.5 Å². The fraction of sp³-hybridized carbons (Fsp3) is 0.273. The number of hydrogen-bond donors (Lipinski definition) is 4. The number of benzene rings is 2. The number of carbonyl (C=O) groups excluding carboxylic acids is 4. The molecule has 0 aliphatic carbocycles. The van der Waals surface area contributed by atoms with Gasteiger partial charge in [-0.2, -0.15) is 0 Å². The molecule has 2 atom stereocenters. The summed E-state index contributed by atoms with van der Waals surface area (Å²) in [5.74, 6) is -1.24. The van der Waals surface area contributed by atoms with E-state index >= 15 is 0 Å². The van der Waals surface area contributed by atoms with E-state index in [1.54, 1.807) is 24.3 Å². The van der Waals surface area contributed by atoms with Crippen molar-refractivity contribution < 1.29 is 28.7 Å². The molecule has 4 amide bonds. The Labute approximate surface area is 204 Å². The van der Waals surface area contributed by atoms with Gasteiger partial charge in [0.1, 0.15) is 25.3 Å². The van der Waals surface area contributed by atoms with Crippen LogP contribution in [0, 0.1) is 0 Å². The number of ether oxygens (including phenoxy) is 2. The van der Waals surface area contributed by atoms with Crippen LogP contribution in [0.15, 0.2) is 60.7 Å². The lowest BCUT2D eigenvalue weighted by atomic mass is 10.2. The fourth-order valence-corrected chi connectivity index (χ4v) is 4.79. The van der Waals surface area contributed by atoms with Crippen molar-refractivity contribution in [3.05, 3.63) is 71.8 Å². The maximum atomic E-state index is 12.0. The predicted molar refractivity (Wildman–Crippen MR) is 130 cm³/mol. The number of rotatable bonds is 13. The highest BCUT2D eigenvalue weighted by atomic mass is 33.1. The Hall–Kier alpha value is -3.38. The minimum absolute atomic E-state index is 0.0480. The van der Waals surface area contributed by atoms with Crippen LogP contribution < -0.4 is 22.1 Å². The van der Waals surface area contributed by atoms with Crippen molar-refractivity contribution in [3.8, 4) is 0 Å². The van der Waals surface area contributed by atoms with Crippen LogP contribution in [0.1, 0.15) is 11.1 Å². The van der Waals surface area contributed by atoms with Crippen LogP contribution in [0.4, 0.5) is 9.59 Å². The zero-order valence-electron chi connectivity index (χ0n) is 18.2. The van der Waals surface area contributed by atoms with Crippen LogP contribution in [0.5, 0.6) is 0 Å². The molecule has 182 valence electrons. The summed E-state index contributed by atoms with van der Waals surface area (Å²) in [7, 11) is 2.35. The highest BCUT2D eigenvalue weighted by molar-refractivity contribution is 8.76. The predicted octanol–water partition coefficient (Wildman–Crippen LogP) is 1.93. The molecule has 34 heavy (non-hydrogen) atoms. The summed E-state index contributed by atoms with van der Waals surface area (Å²) in [6.07, 6.45) is -1.56. The second-order valence-electron chi connectivity index (χ2n) is 6.89. The molecule has 0 saturated heterocycles. The lowest BCUT2D eigenvalue weighted by Gasteiger charge is -2.17. The molecule has 0 fully saturated rings. The minimum Gasteiger partial charge on any atom is -0.445 e. The molecule has 2 aromatic rings. The molecular weight excluding hydrogens is 480 g/mol. The number of primary amides is 2. The fourth-order valence-electron chi connectivity index (χ4n) is 2.44. The molecule has 2 aromatic carbocycles. The van der Waals surface area contributed by atoms with E-state index in [1.165, 1.54) is 21.6 Å². The van der Waals surface area contributed by atoms with Crippen LogP contribution >= 0.6 is 21.6 Å². The highest BCUT2D eigenvalue weighted by Gasteiger charge is 2.22. The summed E-state index contributed by atoms with van der Waals surface area (Å²) in [4.78, 5) is 47.3. The van der Waals surface area contributed by atoms with Crippen molar-refractivity contribution in [2.45, 2.75) is 25.3 Å². The molecule has 0 aromatic heterocycles. The Balaban J connectivity index is 1.71. The van der Waals surface area contributed by atoms with Gasteiger partial charge in [0.05, 0.1) is 0 Å². The number of hydrogen-bond acceptors (Lipinski definition) is 8. The lowest BCUT2D eigenvalue weighted by Crippen LogP contribution is -2.47. The SMILES string of the molecule is NC(=O)[C@H](CSSC[C@@H](NC(=O)OCc1ccccc1)C(N)=O)NC(=O)OCc1ccccc1. The number of alkyl carbamates (subject to hydrolysis) is 2. The van der Waals surface area contributed by atoms with Gasteiger partial charge in [0.2, 0.25) is 11.8 Å². The third-order valence-corrected chi connectivity index (χ3v) is 6.67. The van der Waals surface area contributed by atoms with E-state index in [2.05, 4.69) is 10.6 Å². The summed E-state index contributed by atoms with van der Waals surface area (Å²) in [5, 5.41) is 4.82. The van der Waals surface area contributed by atoms with E-state index in [0.29, 0.717) is 0 Å². The molecule has 0 heterocycles. The number of nitrogens with one attached hydrogen (secondary N) is 2. The number of amides is 4. The van der Waals surface area contributed by atoms with Crippen molar-refractivity contribution in [2.75, 3.05) is 11.5 Å². The molecule has 0 aliphatic rings. The highest BCUT2D eigenvalue weighted by Crippen LogP contribution is 2.23. The van der Waals surface area contributed by atoms with E-state index < -0.39 is 36.1 Å². The lowest BCUT2D eigenvalue weighted by molar-refractivity contribution is -0.120. The first-order chi connectivity index (χ1) is 16.3. The first kappa shape index (κ1) is 26.9. The summed E-state index contributed by atoms with van der Waals surface area (Å²) in [6.45, 7) is 0.0960. The first-order valence-electron chi connectivity index (χ1n) is 10.1. The normalized spacial score (nSPS) is 12.1. The standard InChI is InChI=1S/C22H26N4O6S2/c23-19(27)17(25-21(29)31-11-15-7-3-1-4-8-15)13-33-34-14-18(20(24)28)26-22(30)32-12-16-9-5-2-6-10-16/h1-10,17-18H,11-14H2,(H2,23,27)(H2,24,28)(H,25,29)(H,26,30)/t17-,18+. The van der Waals surface area contributed by atoms with Crippen LogP contribution in [0.25, 0.3) is 0 Å². The topological polar surface area (TPSA) is 163 Å². The second kappa shape index (κ2) is 14.7. The van der Waals surface area contributed by atoms with Gasteiger partial charge in [-0.25, -0.2) is 9.59 Å². The van der Waals surface area contributed by atoms with Gasteiger partial charge < -0.3 is 31.6 Å². The van der Waals surface area contributed by atoms with Crippen LogP contribution in [-0.2, 0) is 32.3 Å². The molecule has 2 rings (SSSR count). The molecule has 0 spiro atoms. The molecule has 6 N–H and O–H groups in total. The van der Waals surface area contributed by atoms with E-state index in [4.69, 9.17) is 20.9 Å². The molecule has 10 nitrogen and oxygen atoms in total.